The Hall–Kier alpha value is -0.930. The predicted octanol–water partition coefficient (Wildman–Crippen LogP) is 1.11. The zero-order valence-corrected chi connectivity index (χ0v) is 10.5. The van der Waals surface area contributed by atoms with Gasteiger partial charge in [0, 0.05) is 30.7 Å². The number of rotatable bonds is 2. The Morgan fingerprint density at radius 2 is 2.28 bits per heavy atom. The highest BCUT2D eigenvalue weighted by Gasteiger charge is 2.37. The zero-order chi connectivity index (χ0) is 13.3. The monoisotopic (exact) mass is 282 g/mol. The van der Waals surface area contributed by atoms with Crippen LogP contribution in [0.15, 0.2) is 0 Å². The molecule has 0 amide bonds. The molecule has 0 radical (unpaired) electrons. The largest absolute Gasteiger partial charge is 0.452 e. The molecule has 0 saturated carbocycles. The van der Waals surface area contributed by atoms with Crippen LogP contribution in [0.1, 0.15) is 12.7 Å². The lowest BCUT2D eigenvalue weighted by Crippen LogP contribution is -2.49. The molecule has 0 aromatic carbocycles. The highest BCUT2D eigenvalue weighted by atomic mass is 32.1. The molecule has 1 aromatic heterocycles. The quantitative estimate of drug-likeness (QED) is 0.880. The maximum Gasteiger partial charge on any atom is 0.452 e. The Bertz CT molecular complexity index is 409. The second kappa shape index (κ2) is 4.98. The summed E-state index contributed by atoms with van der Waals surface area (Å²) in [5, 5.41) is 0.260. The number of hydrogen-bond acceptors (Lipinski definition) is 6. The van der Waals surface area contributed by atoms with Gasteiger partial charge in [0.25, 0.3) is 0 Å². The van der Waals surface area contributed by atoms with E-state index in [-0.39, 0.29) is 17.3 Å². The van der Waals surface area contributed by atoms with Crippen LogP contribution in [0.5, 0.6) is 0 Å². The molecule has 9 heteroatoms. The summed E-state index contributed by atoms with van der Waals surface area (Å²) >= 11 is 0.745. The molecule has 102 valence electrons. The van der Waals surface area contributed by atoms with Crippen molar-refractivity contribution < 1.29 is 17.9 Å². The minimum atomic E-state index is -4.50. The molecule has 2 heterocycles. The van der Waals surface area contributed by atoms with Gasteiger partial charge in [0.2, 0.25) is 11.0 Å². The van der Waals surface area contributed by atoms with Crippen molar-refractivity contribution in [1.29, 1.82) is 0 Å². The van der Waals surface area contributed by atoms with Gasteiger partial charge in [0.1, 0.15) is 0 Å². The van der Waals surface area contributed by atoms with Crippen LogP contribution in [0.4, 0.5) is 18.3 Å². The number of morpholine rings is 1. The first-order valence-corrected chi connectivity index (χ1v) is 6.18. The first kappa shape index (κ1) is 13.5. The molecule has 2 N–H and O–H groups in total. The fourth-order valence-corrected chi connectivity index (χ4v) is 2.35. The van der Waals surface area contributed by atoms with Gasteiger partial charge in [0.15, 0.2) is 0 Å². The van der Waals surface area contributed by atoms with E-state index < -0.39 is 12.0 Å². The Balaban J connectivity index is 2.09. The van der Waals surface area contributed by atoms with Crippen molar-refractivity contribution >= 4 is 16.7 Å². The van der Waals surface area contributed by atoms with Crippen LogP contribution in [-0.4, -0.2) is 41.2 Å². The van der Waals surface area contributed by atoms with Crippen molar-refractivity contribution in [2.24, 2.45) is 5.73 Å². The van der Waals surface area contributed by atoms with Crippen molar-refractivity contribution in [2.75, 3.05) is 24.6 Å². The summed E-state index contributed by atoms with van der Waals surface area (Å²) in [6, 6.07) is -0.178. The van der Waals surface area contributed by atoms with Gasteiger partial charge in [-0.2, -0.15) is 22.5 Å². The van der Waals surface area contributed by atoms with Crippen molar-refractivity contribution in [1.82, 2.24) is 9.36 Å². The molecule has 1 aliphatic heterocycles. The molecular weight excluding hydrogens is 269 g/mol. The van der Waals surface area contributed by atoms with Gasteiger partial charge >= 0.3 is 6.18 Å². The number of hydrogen-bond donors (Lipinski definition) is 1. The third-order valence-corrected chi connectivity index (χ3v) is 3.40. The SMILES string of the molecule is CC(N)C1CN(c2nc(C(F)(F)F)ns2)CCO1. The van der Waals surface area contributed by atoms with Crippen LogP contribution in [0, 0.1) is 0 Å². The topological polar surface area (TPSA) is 64.3 Å². The molecule has 1 aromatic rings. The highest BCUT2D eigenvalue weighted by molar-refractivity contribution is 7.09. The van der Waals surface area contributed by atoms with Crippen molar-refractivity contribution in [2.45, 2.75) is 25.2 Å². The third-order valence-electron chi connectivity index (χ3n) is 2.62. The number of alkyl halides is 3. The average molecular weight is 282 g/mol. The Kier molecular flexibility index (Phi) is 3.74. The fraction of sp³-hybridized carbons (Fsp3) is 0.778. The third kappa shape index (κ3) is 2.90. The zero-order valence-electron chi connectivity index (χ0n) is 9.65. The highest BCUT2D eigenvalue weighted by Crippen LogP contribution is 2.30. The van der Waals surface area contributed by atoms with Crippen LogP contribution >= 0.6 is 11.5 Å². The van der Waals surface area contributed by atoms with E-state index in [4.69, 9.17) is 10.5 Å². The number of nitrogens with two attached hydrogens (primary N) is 1. The number of anilines is 1. The second-order valence-corrected chi connectivity index (χ2v) is 4.84. The molecule has 2 atom stereocenters. The summed E-state index contributed by atoms with van der Waals surface area (Å²) in [6.07, 6.45) is -4.70. The lowest BCUT2D eigenvalue weighted by atomic mass is 10.1. The lowest BCUT2D eigenvalue weighted by molar-refractivity contribution is -0.144. The minimum Gasteiger partial charge on any atom is -0.373 e. The van der Waals surface area contributed by atoms with Gasteiger partial charge in [-0.15, -0.1) is 0 Å². The minimum absolute atomic E-state index is 0.178. The lowest BCUT2D eigenvalue weighted by Gasteiger charge is -2.34. The molecule has 0 bridgehead atoms. The van der Waals surface area contributed by atoms with Crippen LogP contribution in [-0.2, 0) is 10.9 Å². The van der Waals surface area contributed by atoms with E-state index >= 15 is 0 Å². The van der Waals surface area contributed by atoms with Crippen LogP contribution in [0.2, 0.25) is 0 Å². The molecular formula is C9H13F3N4OS. The number of halogens is 3. The van der Waals surface area contributed by atoms with E-state index in [1.54, 1.807) is 11.8 Å². The van der Waals surface area contributed by atoms with Crippen LogP contribution in [0.3, 0.4) is 0 Å². The molecule has 2 unspecified atom stereocenters. The van der Waals surface area contributed by atoms with Gasteiger partial charge in [-0.05, 0) is 6.92 Å². The molecule has 1 fully saturated rings. The molecule has 1 saturated heterocycles. The number of nitrogens with zero attached hydrogens (tertiary/aromatic N) is 3. The molecule has 0 aliphatic carbocycles. The van der Waals surface area contributed by atoms with Gasteiger partial charge in [-0.3, -0.25) is 0 Å². The van der Waals surface area contributed by atoms with Crippen LogP contribution < -0.4 is 10.6 Å². The smallest absolute Gasteiger partial charge is 0.373 e. The van der Waals surface area contributed by atoms with E-state index in [1.807, 2.05) is 0 Å². The first-order valence-electron chi connectivity index (χ1n) is 5.41. The van der Waals surface area contributed by atoms with Gasteiger partial charge < -0.3 is 15.4 Å². The van der Waals surface area contributed by atoms with E-state index in [9.17, 15) is 13.2 Å². The maximum absolute atomic E-state index is 12.4. The van der Waals surface area contributed by atoms with E-state index in [0.29, 0.717) is 19.7 Å². The Morgan fingerprint density at radius 1 is 1.56 bits per heavy atom. The van der Waals surface area contributed by atoms with Crippen molar-refractivity contribution in [3.8, 4) is 0 Å². The van der Waals surface area contributed by atoms with Gasteiger partial charge in [0.05, 0.1) is 12.7 Å². The fourth-order valence-electron chi connectivity index (χ4n) is 1.63. The summed E-state index contributed by atoms with van der Waals surface area (Å²) in [7, 11) is 0. The molecule has 0 spiro atoms. The summed E-state index contributed by atoms with van der Waals surface area (Å²) in [4.78, 5) is 5.24. The normalized spacial score (nSPS) is 23.2. The molecule has 5 nitrogen and oxygen atoms in total. The predicted molar refractivity (Wildman–Crippen MR) is 60.5 cm³/mol. The van der Waals surface area contributed by atoms with Crippen molar-refractivity contribution in [3.05, 3.63) is 5.82 Å². The molecule has 1 aliphatic rings. The summed E-state index contributed by atoms with van der Waals surface area (Å²) < 4.78 is 45.9. The summed E-state index contributed by atoms with van der Waals surface area (Å²) in [5.74, 6) is -1.09. The Labute approximate surface area is 106 Å². The molecule has 2 rings (SSSR count). The van der Waals surface area contributed by atoms with E-state index in [1.165, 1.54) is 0 Å². The first-order chi connectivity index (χ1) is 8.38. The number of ether oxygens (including phenoxy) is 1. The van der Waals surface area contributed by atoms with Gasteiger partial charge in [-0.1, -0.05) is 0 Å². The standard InChI is InChI=1S/C9H13F3N4OS/c1-5(13)6-4-16(2-3-17-6)8-14-7(15-18-8)9(10,11)12/h5-6H,2-4,13H2,1H3. The van der Waals surface area contributed by atoms with E-state index in [0.717, 1.165) is 11.5 Å². The molecule has 18 heavy (non-hydrogen) atoms. The van der Waals surface area contributed by atoms with E-state index in [2.05, 4.69) is 9.36 Å². The van der Waals surface area contributed by atoms with Crippen LogP contribution in [0.25, 0.3) is 0 Å². The number of aromatic nitrogens is 2. The summed E-state index contributed by atoms with van der Waals surface area (Å²) in [6.45, 7) is 3.16. The van der Waals surface area contributed by atoms with Gasteiger partial charge in [-0.25, -0.2) is 0 Å². The average Bonchev–Trinajstić information content (AvgIpc) is 2.78. The van der Waals surface area contributed by atoms with Crippen molar-refractivity contribution in [3.63, 3.8) is 0 Å². The maximum atomic E-state index is 12.4. The Morgan fingerprint density at radius 3 is 2.83 bits per heavy atom. The second-order valence-electron chi connectivity index (χ2n) is 4.11. The summed E-state index contributed by atoms with van der Waals surface area (Å²) in [5.41, 5.74) is 5.72.